The van der Waals surface area contributed by atoms with Crippen LogP contribution in [0.4, 0.5) is 0 Å². The largest absolute Gasteiger partial charge is 0.395 e. The first kappa shape index (κ1) is 17.2. The van der Waals surface area contributed by atoms with Gasteiger partial charge in [-0.15, -0.1) is 0 Å². The number of nitrogens with zero attached hydrogens (tertiary/aromatic N) is 1. The van der Waals surface area contributed by atoms with Gasteiger partial charge in [-0.2, -0.15) is 4.31 Å². The molecule has 1 unspecified atom stereocenters. The molecule has 1 aliphatic carbocycles. The van der Waals surface area contributed by atoms with Gasteiger partial charge in [0.1, 0.15) is 0 Å². The van der Waals surface area contributed by atoms with Gasteiger partial charge in [0.2, 0.25) is 10.0 Å². The lowest BCUT2D eigenvalue weighted by atomic mass is 9.95. The molecule has 0 aromatic rings. The van der Waals surface area contributed by atoms with Crippen LogP contribution in [0.2, 0.25) is 0 Å². The number of aliphatic hydroxyl groups is 1. The Bertz CT molecular complexity index is 388. The van der Waals surface area contributed by atoms with E-state index < -0.39 is 10.0 Å². The van der Waals surface area contributed by atoms with Crippen molar-refractivity contribution in [1.82, 2.24) is 9.62 Å². The van der Waals surface area contributed by atoms with E-state index in [1.807, 2.05) is 0 Å². The van der Waals surface area contributed by atoms with Crippen LogP contribution in [0.1, 0.15) is 57.8 Å². The van der Waals surface area contributed by atoms with Crippen LogP contribution in [0.15, 0.2) is 0 Å². The third kappa shape index (κ3) is 5.20. The van der Waals surface area contributed by atoms with Crippen molar-refractivity contribution in [2.45, 2.75) is 69.9 Å². The molecular weight excluding hydrogens is 288 g/mol. The predicted molar refractivity (Wildman–Crippen MR) is 84.7 cm³/mol. The SMILES string of the molecule is O=S(=O)(CCC1CCCCN1)N(CCO)C1CCCCC1. The van der Waals surface area contributed by atoms with Gasteiger partial charge in [0.05, 0.1) is 12.4 Å². The number of hydrogen-bond donors (Lipinski definition) is 2. The Balaban J connectivity index is 1.92. The lowest BCUT2D eigenvalue weighted by Gasteiger charge is -2.33. The minimum Gasteiger partial charge on any atom is -0.395 e. The van der Waals surface area contributed by atoms with Crippen LogP contribution >= 0.6 is 0 Å². The number of nitrogens with one attached hydrogen (secondary N) is 1. The normalized spacial score (nSPS) is 25.3. The van der Waals surface area contributed by atoms with Crippen LogP contribution in [-0.2, 0) is 10.0 Å². The molecule has 124 valence electrons. The van der Waals surface area contributed by atoms with Crippen LogP contribution in [-0.4, -0.2) is 55.4 Å². The second-order valence-electron chi connectivity index (χ2n) is 6.38. The summed E-state index contributed by atoms with van der Waals surface area (Å²) >= 11 is 0. The van der Waals surface area contributed by atoms with Gasteiger partial charge in [-0.05, 0) is 38.6 Å². The zero-order chi connectivity index (χ0) is 15.1. The molecule has 0 amide bonds. The van der Waals surface area contributed by atoms with Gasteiger partial charge in [0.25, 0.3) is 0 Å². The second kappa shape index (κ2) is 8.46. The van der Waals surface area contributed by atoms with Crippen LogP contribution in [0, 0.1) is 0 Å². The van der Waals surface area contributed by atoms with E-state index in [4.69, 9.17) is 0 Å². The summed E-state index contributed by atoms with van der Waals surface area (Å²) in [5.74, 6) is 0.209. The molecule has 21 heavy (non-hydrogen) atoms. The molecule has 1 aliphatic heterocycles. The van der Waals surface area contributed by atoms with Crippen LogP contribution in [0.3, 0.4) is 0 Å². The number of rotatable bonds is 7. The topological polar surface area (TPSA) is 69.6 Å². The van der Waals surface area contributed by atoms with E-state index in [1.165, 1.54) is 19.3 Å². The lowest BCUT2D eigenvalue weighted by Crippen LogP contribution is -2.45. The highest BCUT2D eigenvalue weighted by molar-refractivity contribution is 7.89. The molecule has 0 aromatic heterocycles. The Morgan fingerprint density at radius 2 is 1.76 bits per heavy atom. The van der Waals surface area contributed by atoms with Crippen molar-refractivity contribution in [3.63, 3.8) is 0 Å². The molecule has 0 spiro atoms. The third-order valence-corrected chi connectivity index (χ3v) is 6.74. The Labute approximate surface area is 129 Å². The highest BCUT2D eigenvalue weighted by Crippen LogP contribution is 2.25. The van der Waals surface area contributed by atoms with Crippen LogP contribution in [0.5, 0.6) is 0 Å². The van der Waals surface area contributed by atoms with Crippen molar-refractivity contribution >= 4 is 10.0 Å². The van der Waals surface area contributed by atoms with E-state index in [9.17, 15) is 13.5 Å². The molecule has 1 heterocycles. The van der Waals surface area contributed by atoms with Crippen LogP contribution in [0.25, 0.3) is 0 Å². The van der Waals surface area contributed by atoms with Gasteiger partial charge in [-0.3, -0.25) is 0 Å². The van der Waals surface area contributed by atoms with E-state index in [-0.39, 0.29) is 24.9 Å². The Kier molecular flexibility index (Phi) is 6.92. The zero-order valence-corrected chi connectivity index (χ0v) is 13.8. The molecule has 0 radical (unpaired) electrons. The quantitative estimate of drug-likeness (QED) is 0.746. The number of sulfonamides is 1. The van der Waals surface area contributed by atoms with E-state index >= 15 is 0 Å². The fraction of sp³-hybridized carbons (Fsp3) is 1.00. The van der Waals surface area contributed by atoms with Gasteiger partial charge in [0.15, 0.2) is 0 Å². The maximum Gasteiger partial charge on any atom is 0.214 e. The molecule has 0 aromatic carbocycles. The number of aliphatic hydroxyl groups excluding tert-OH is 1. The zero-order valence-electron chi connectivity index (χ0n) is 13.0. The minimum atomic E-state index is -3.25. The van der Waals surface area contributed by atoms with E-state index in [0.717, 1.165) is 38.6 Å². The summed E-state index contributed by atoms with van der Waals surface area (Å²) in [7, 11) is -3.25. The summed E-state index contributed by atoms with van der Waals surface area (Å²) in [6, 6.07) is 0.450. The fourth-order valence-electron chi connectivity index (χ4n) is 3.60. The predicted octanol–water partition coefficient (Wildman–Crippen LogP) is 1.48. The van der Waals surface area contributed by atoms with Crippen molar-refractivity contribution < 1.29 is 13.5 Å². The monoisotopic (exact) mass is 318 g/mol. The fourth-order valence-corrected chi connectivity index (χ4v) is 5.44. The van der Waals surface area contributed by atoms with Crippen molar-refractivity contribution in [2.24, 2.45) is 0 Å². The number of piperidine rings is 1. The average Bonchev–Trinajstić information content (AvgIpc) is 2.52. The van der Waals surface area contributed by atoms with Gasteiger partial charge < -0.3 is 10.4 Å². The van der Waals surface area contributed by atoms with Gasteiger partial charge in [-0.1, -0.05) is 25.7 Å². The first-order valence-corrected chi connectivity index (χ1v) is 10.1. The Hall–Kier alpha value is -0.170. The van der Waals surface area contributed by atoms with Crippen molar-refractivity contribution in [3.05, 3.63) is 0 Å². The molecule has 1 saturated heterocycles. The summed E-state index contributed by atoms with van der Waals surface area (Å²) in [5, 5.41) is 12.6. The Morgan fingerprint density at radius 1 is 1.05 bits per heavy atom. The molecule has 6 heteroatoms. The molecule has 1 saturated carbocycles. The summed E-state index contributed by atoms with van der Waals surface area (Å²) in [6.45, 7) is 1.18. The highest BCUT2D eigenvalue weighted by atomic mass is 32.2. The minimum absolute atomic E-state index is 0.0859. The highest BCUT2D eigenvalue weighted by Gasteiger charge is 2.31. The van der Waals surface area contributed by atoms with Gasteiger partial charge in [0, 0.05) is 18.6 Å². The third-order valence-electron chi connectivity index (χ3n) is 4.80. The average molecular weight is 318 g/mol. The summed E-state index contributed by atoms with van der Waals surface area (Å²) in [6.07, 6.45) is 9.47. The molecule has 1 atom stereocenters. The van der Waals surface area contributed by atoms with E-state index in [2.05, 4.69) is 5.32 Å². The molecule has 5 nitrogen and oxygen atoms in total. The molecule has 2 aliphatic rings. The maximum atomic E-state index is 12.6. The first-order valence-electron chi connectivity index (χ1n) is 8.47. The molecular formula is C15H30N2O3S. The lowest BCUT2D eigenvalue weighted by molar-refractivity contribution is 0.199. The molecule has 0 bridgehead atoms. The number of hydrogen-bond acceptors (Lipinski definition) is 4. The van der Waals surface area contributed by atoms with Crippen molar-refractivity contribution in [2.75, 3.05) is 25.4 Å². The standard InChI is InChI=1S/C15H30N2O3S/c18-12-11-17(15-7-2-1-3-8-15)21(19,20)13-9-14-6-4-5-10-16-14/h14-16,18H,1-13H2. The smallest absolute Gasteiger partial charge is 0.214 e. The maximum absolute atomic E-state index is 12.6. The molecule has 2 N–H and O–H groups in total. The van der Waals surface area contributed by atoms with Crippen molar-refractivity contribution in [3.8, 4) is 0 Å². The van der Waals surface area contributed by atoms with Gasteiger partial charge in [-0.25, -0.2) is 8.42 Å². The Morgan fingerprint density at radius 3 is 2.38 bits per heavy atom. The van der Waals surface area contributed by atoms with E-state index in [0.29, 0.717) is 12.5 Å². The van der Waals surface area contributed by atoms with Crippen molar-refractivity contribution in [1.29, 1.82) is 0 Å². The van der Waals surface area contributed by atoms with E-state index in [1.54, 1.807) is 4.31 Å². The second-order valence-corrected chi connectivity index (χ2v) is 8.42. The molecule has 2 rings (SSSR count). The summed E-state index contributed by atoms with van der Waals surface area (Å²) in [5.41, 5.74) is 0. The summed E-state index contributed by atoms with van der Waals surface area (Å²) < 4.78 is 26.9. The first-order chi connectivity index (χ1) is 10.1. The van der Waals surface area contributed by atoms with Gasteiger partial charge >= 0.3 is 0 Å². The van der Waals surface area contributed by atoms with Crippen LogP contribution < -0.4 is 5.32 Å². The summed E-state index contributed by atoms with van der Waals surface area (Å²) in [4.78, 5) is 0. The molecule has 2 fully saturated rings.